The third-order valence-corrected chi connectivity index (χ3v) is 5.14. The number of nitrogens with zero attached hydrogens (tertiary/aromatic N) is 4. The summed E-state index contributed by atoms with van der Waals surface area (Å²) in [6.07, 6.45) is 0. The number of aromatic nitrogens is 2. The summed E-state index contributed by atoms with van der Waals surface area (Å²) in [5, 5.41) is 0.742. The SMILES string of the molecule is Cc1cc(N2CCN(C(=O)c3cc4ccccc4oc3=O)CC2)nc(C(C)C)n1. The molecule has 1 aromatic carbocycles. The summed E-state index contributed by atoms with van der Waals surface area (Å²) < 4.78 is 5.31. The fraction of sp³-hybridized carbons (Fsp3) is 0.364. The van der Waals surface area contributed by atoms with Gasteiger partial charge in [-0.05, 0) is 19.1 Å². The average molecular weight is 392 g/mol. The lowest BCUT2D eigenvalue weighted by atomic mass is 10.1. The number of amides is 1. The van der Waals surface area contributed by atoms with Crippen LogP contribution in [0.3, 0.4) is 0 Å². The number of piperazine rings is 1. The van der Waals surface area contributed by atoms with Crippen LogP contribution in [-0.4, -0.2) is 47.0 Å². The summed E-state index contributed by atoms with van der Waals surface area (Å²) in [7, 11) is 0. The van der Waals surface area contributed by atoms with Crippen LogP contribution in [0.15, 0.2) is 45.6 Å². The van der Waals surface area contributed by atoms with Crippen molar-refractivity contribution in [1.29, 1.82) is 0 Å². The van der Waals surface area contributed by atoms with E-state index < -0.39 is 5.63 Å². The van der Waals surface area contributed by atoms with E-state index in [4.69, 9.17) is 4.42 Å². The number of carbonyl (C=O) groups excluding carboxylic acids is 1. The molecule has 0 spiro atoms. The maximum Gasteiger partial charge on any atom is 0.349 e. The molecule has 0 N–H and O–H groups in total. The molecule has 7 nitrogen and oxygen atoms in total. The van der Waals surface area contributed by atoms with Gasteiger partial charge in [-0.1, -0.05) is 32.0 Å². The molecule has 7 heteroatoms. The highest BCUT2D eigenvalue weighted by Gasteiger charge is 2.26. The Kier molecular flexibility index (Phi) is 5.05. The normalized spacial score (nSPS) is 14.6. The molecule has 0 radical (unpaired) electrons. The van der Waals surface area contributed by atoms with E-state index in [-0.39, 0.29) is 17.4 Å². The van der Waals surface area contributed by atoms with E-state index in [9.17, 15) is 9.59 Å². The van der Waals surface area contributed by atoms with Crippen LogP contribution in [0.25, 0.3) is 11.0 Å². The quantitative estimate of drug-likeness (QED) is 0.638. The molecule has 0 saturated carbocycles. The van der Waals surface area contributed by atoms with Crippen molar-refractivity contribution in [2.75, 3.05) is 31.1 Å². The number of fused-ring (bicyclic) bond motifs is 1. The number of anilines is 1. The highest BCUT2D eigenvalue weighted by molar-refractivity contribution is 5.96. The zero-order chi connectivity index (χ0) is 20.5. The number of hydrogen-bond donors (Lipinski definition) is 0. The number of hydrogen-bond acceptors (Lipinski definition) is 6. The molecule has 1 fully saturated rings. The summed E-state index contributed by atoms with van der Waals surface area (Å²) in [6, 6.07) is 10.8. The lowest BCUT2D eigenvalue weighted by molar-refractivity contribution is 0.0742. The third kappa shape index (κ3) is 3.85. The van der Waals surface area contributed by atoms with Crippen LogP contribution in [-0.2, 0) is 0 Å². The Morgan fingerprint density at radius 2 is 1.79 bits per heavy atom. The Labute approximate surface area is 169 Å². The van der Waals surface area contributed by atoms with Crippen molar-refractivity contribution >= 4 is 22.7 Å². The van der Waals surface area contributed by atoms with Crippen LogP contribution < -0.4 is 10.5 Å². The molecule has 1 aliphatic rings. The minimum Gasteiger partial charge on any atom is -0.422 e. The molecule has 0 aliphatic carbocycles. The number of para-hydroxylation sites is 1. The van der Waals surface area contributed by atoms with E-state index in [1.165, 1.54) is 0 Å². The number of aryl methyl sites for hydroxylation is 1. The molecule has 29 heavy (non-hydrogen) atoms. The van der Waals surface area contributed by atoms with E-state index in [0.717, 1.165) is 22.7 Å². The molecule has 0 bridgehead atoms. The second-order valence-electron chi connectivity index (χ2n) is 7.65. The van der Waals surface area contributed by atoms with E-state index in [0.29, 0.717) is 31.8 Å². The van der Waals surface area contributed by atoms with Gasteiger partial charge in [0.15, 0.2) is 0 Å². The van der Waals surface area contributed by atoms with Crippen LogP contribution >= 0.6 is 0 Å². The van der Waals surface area contributed by atoms with Crippen molar-refractivity contribution < 1.29 is 9.21 Å². The molecule has 0 atom stereocenters. The second kappa shape index (κ2) is 7.66. The molecular formula is C22H24N4O3. The van der Waals surface area contributed by atoms with Gasteiger partial charge in [-0.15, -0.1) is 0 Å². The summed E-state index contributed by atoms with van der Waals surface area (Å²) in [4.78, 5) is 38.3. The van der Waals surface area contributed by atoms with Crippen molar-refractivity contribution in [3.63, 3.8) is 0 Å². The van der Waals surface area contributed by atoms with Gasteiger partial charge in [0.25, 0.3) is 5.91 Å². The van der Waals surface area contributed by atoms with E-state index in [1.807, 2.05) is 25.1 Å². The van der Waals surface area contributed by atoms with Crippen molar-refractivity contribution in [2.45, 2.75) is 26.7 Å². The number of carbonyl (C=O) groups is 1. The number of rotatable bonds is 3. The highest BCUT2D eigenvalue weighted by Crippen LogP contribution is 2.20. The minimum absolute atomic E-state index is 0.0807. The van der Waals surface area contributed by atoms with E-state index in [1.54, 1.807) is 23.1 Å². The molecule has 4 rings (SSSR count). The lowest BCUT2D eigenvalue weighted by Crippen LogP contribution is -2.49. The van der Waals surface area contributed by atoms with E-state index >= 15 is 0 Å². The van der Waals surface area contributed by atoms with Gasteiger partial charge in [-0.25, -0.2) is 14.8 Å². The Balaban J connectivity index is 1.51. The van der Waals surface area contributed by atoms with Gasteiger partial charge < -0.3 is 14.2 Å². The molecule has 3 heterocycles. The molecule has 1 aliphatic heterocycles. The van der Waals surface area contributed by atoms with Crippen molar-refractivity contribution in [3.05, 3.63) is 63.9 Å². The Morgan fingerprint density at radius 3 is 2.52 bits per heavy atom. The van der Waals surface area contributed by atoms with Crippen molar-refractivity contribution in [3.8, 4) is 0 Å². The molecule has 1 saturated heterocycles. The smallest absolute Gasteiger partial charge is 0.349 e. The van der Waals surface area contributed by atoms with Gasteiger partial charge in [0, 0.05) is 49.2 Å². The Bertz CT molecular complexity index is 1110. The topological polar surface area (TPSA) is 79.5 Å². The summed E-state index contributed by atoms with van der Waals surface area (Å²) >= 11 is 0. The Hall–Kier alpha value is -3.22. The standard InChI is InChI=1S/C22H24N4O3/c1-14(2)20-23-15(3)12-19(24-20)25-8-10-26(11-9-25)21(27)17-13-16-6-4-5-7-18(16)29-22(17)28/h4-7,12-14H,8-11H2,1-3H3. The predicted molar refractivity (Wildman–Crippen MR) is 111 cm³/mol. The lowest BCUT2D eigenvalue weighted by Gasteiger charge is -2.35. The van der Waals surface area contributed by atoms with Gasteiger partial charge in [-0.2, -0.15) is 0 Å². The summed E-state index contributed by atoms with van der Waals surface area (Å²) in [5.41, 5.74) is 0.909. The van der Waals surface area contributed by atoms with Crippen LogP contribution in [0.5, 0.6) is 0 Å². The molecule has 2 aromatic heterocycles. The maximum atomic E-state index is 12.9. The number of benzene rings is 1. The van der Waals surface area contributed by atoms with Gasteiger partial charge in [0.1, 0.15) is 22.8 Å². The Morgan fingerprint density at radius 1 is 1.07 bits per heavy atom. The van der Waals surface area contributed by atoms with Crippen molar-refractivity contribution in [1.82, 2.24) is 14.9 Å². The molecule has 1 amide bonds. The van der Waals surface area contributed by atoms with Gasteiger partial charge in [0.05, 0.1) is 0 Å². The first-order valence-corrected chi connectivity index (χ1v) is 9.85. The second-order valence-corrected chi connectivity index (χ2v) is 7.65. The van der Waals surface area contributed by atoms with Gasteiger partial charge in [0.2, 0.25) is 0 Å². The van der Waals surface area contributed by atoms with E-state index in [2.05, 4.69) is 28.7 Å². The summed E-state index contributed by atoms with van der Waals surface area (Å²) in [5.74, 6) is 1.68. The van der Waals surface area contributed by atoms with Gasteiger partial charge >= 0.3 is 5.63 Å². The predicted octanol–water partition coefficient (Wildman–Crippen LogP) is 2.98. The maximum absolute atomic E-state index is 12.9. The third-order valence-electron chi connectivity index (χ3n) is 5.14. The molecule has 150 valence electrons. The highest BCUT2D eigenvalue weighted by atomic mass is 16.4. The van der Waals surface area contributed by atoms with Crippen LogP contribution in [0.2, 0.25) is 0 Å². The van der Waals surface area contributed by atoms with Crippen molar-refractivity contribution in [2.24, 2.45) is 0 Å². The van der Waals surface area contributed by atoms with Crippen LogP contribution in [0.4, 0.5) is 5.82 Å². The monoisotopic (exact) mass is 392 g/mol. The summed E-state index contributed by atoms with van der Waals surface area (Å²) in [6.45, 7) is 8.46. The first-order valence-electron chi connectivity index (χ1n) is 9.85. The average Bonchev–Trinajstić information content (AvgIpc) is 2.72. The minimum atomic E-state index is -0.593. The largest absolute Gasteiger partial charge is 0.422 e. The van der Waals surface area contributed by atoms with Crippen LogP contribution in [0, 0.1) is 6.92 Å². The zero-order valence-electron chi connectivity index (χ0n) is 16.9. The molecular weight excluding hydrogens is 368 g/mol. The fourth-order valence-electron chi connectivity index (χ4n) is 3.51. The first-order chi connectivity index (χ1) is 13.9. The molecule has 3 aromatic rings. The first kappa shape index (κ1) is 19.1. The zero-order valence-corrected chi connectivity index (χ0v) is 16.9. The van der Waals surface area contributed by atoms with Gasteiger partial charge in [-0.3, -0.25) is 4.79 Å². The molecule has 0 unspecified atom stereocenters. The fourth-order valence-corrected chi connectivity index (χ4v) is 3.51. The van der Waals surface area contributed by atoms with Crippen LogP contribution in [0.1, 0.15) is 41.6 Å².